The highest BCUT2D eigenvalue weighted by Gasteiger charge is 1.98. The predicted octanol–water partition coefficient (Wildman–Crippen LogP) is 2.55. The van der Waals surface area contributed by atoms with E-state index in [4.69, 9.17) is 0 Å². The lowest BCUT2D eigenvalue weighted by Crippen LogP contribution is -2.00. The van der Waals surface area contributed by atoms with E-state index in [0.717, 1.165) is 0 Å². The number of alkyl halides is 2. The van der Waals surface area contributed by atoms with E-state index in [1.165, 1.54) is 18.5 Å². The third kappa shape index (κ3) is 9.22. The SMILES string of the molecule is CC=C(C)[SiH2]CCC[SiH2]C(Br)Br. The molecule has 0 N–H and O–H groups in total. The highest BCUT2D eigenvalue weighted by atomic mass is 79.9. The Morgan fingerprint density at radius 2 is 2.08 bits per heavy atom. The van der Waals surface area contributed by atoms with E-state index in [2.05, 4.69) is 51.8 Å². The normalized spacial score (nSPS) is 14.6. The van der Waals surface area contributed by atoms with Crippen molar-refractivity contribution in [3.05, 3.63) is 11.3 Å². The minimum atomic E-state index is 0.131. The van der Waals surface area contributed by atoms with Gasteiger partial charge in [-0.1, -0.05) is 61.6 Å². The Bertz CT molecular complexity index is 135. The lowest BCUT2D eigenvalue weighted by atomic mass is 10.6. The molecule has 0 rings (SSSR count). The van der Waals surface area contributed by atoms with E-state index in [-0.39, 0.29) is 19.0 Å². The molecule has 0 aromatic rings. The Kier molecular flexibility index (Phi) is 9.54. The monoisotopic (exact) mass is 328 g/mol. The van der Waals surface area contributed by atoms with Crippen molar-refractivity contribution in [1.82, 2.24) is 0 Å². The zero-order chi connectivity index (χ0) is 9.40. The van der Waals surface area contributed by atoms with E-state index in [1.54, 1.807) is 5.20 Å². The lowest BCUT2D eigenvalue weighted by Gasteiger charge is -2.01. The molecule has 4 heteroatoms. The van der Waals surface area contributed by atoms with Gasteiger partial charge in [0.15, 0.2) is 0 Å². The summed E-state index contributed by atoms with van der Waals surface area (Å²) >= 11 is 7.09. The summed E-state index contributed by atoms with van der Waals surface area (Å²) < 4.78 is 0.662. The molecule has 0 radical (unpaired) electrons. The first-order valence-electron chi connectivity index (χ1n) is 4.56. The van der Waals surface area contributed by atoms with Crippen LogP contribution in [0.5, 0.6) is 0 Å². The van der Waals surface area contributed by atoms with Crippen molar-refractivity contribution >= 4 is 50.9 Å². The molecule has 0 amide bonds. The third-order valence-electron chi connectivity index (χ3n) is 1.99. The maximum absolute atomic E-state index is 3.55. The molecule has 0 aliphatic rings. The second-order valence-electron chi connectivity index (χ2n) is 3.13. The van der Waals surface area contributed by atoms with Crippen LogP contribution < -0.4 is 0 Å². The molecule has 0 bridgehead atoms. The molecule has 0 nitrogen and oxygen atoms in total. The minimum Gasteiger partial charge on any atom is -0.0951 e. The molecule has 0 fully saturated rings. The van der Waals surface area contributed by atoms with Crippen molar-refractivity contribution in [1.29, 1.82) is 0 Å². The Morgan fingerprint density at radius 3 is 2.58 bits per heavy atom. The molecule has 0 atom stereocenters. The number of rotatable bonds is 6. The quantitative estimate of drug-likeness (QED) is 0.399. The predicted molar refractivity (Wildman–Crippen MR) is 72.4 cm³/mol. The fraction of sp³-hybridized carbons (Fsp3) is 0.750. The molecule has 0 aliphatic carbocycles. The van der Waals surface area contributed by atoms with E-state index in [0.29, 0.717) is 3.36 Å². The summed E-state index contributed by atoms with van der Waals surface area (Å²) in [6, 6.07) is 3.00. The summed E-state index contributed by atoms with van der Waals surface area (Å²) in [5.74, 6) is 0. The number of allylic oxidation sites excluding steroid dienone is 2. The van der Waals surface area contributed by atoms with Gasteiger partial charge in [0, 0.05) is 19.0 Å². The van der Waals surface area contributed by atoms with Crippen LogP contribution >= 0.6 is 31.9 Å². The Morgan fingerprint density at radius 1 is 1.42 bits per heavy atom. The van der Waals surface area contributed by atoms with Crippen LogP contribution in [0.1, 0.15) is 20.3 Å². The Balaban J connectivity index is 3.11. The molecule has 12 heavy (non-hydrogen) atoms. The molecule has 0 aromatic heterocycles. The van der Waals surface area contributed by atoms with Gasteiger partial charge in [-0.2, -0.15) is 0 Å². The molecule has 72 valence electrons. The Hall–Kier alpha value is 1.13. The number of halogens is 2. The maximum atomic E-state index is 3.55. The molecular formula is C8H18Br2Si2. The third-order valence-corrected chi connectivity index (χ3v) is 8.13. The average molecular weight is 330 g/mol. The van der Waals surface area contributed by atoms with Gasteiger partial charge in [0.2, 0.25) is 0 Å². The van der Waals surface area contributed by atoms with E-state index in [1.807, 2.05) is 0 Å². The summed E-state index contributed by atoms with van der Waals surface area (Å²) in [6.45, 7) is 4.44. The largest absolute Gasteiger partial charge is 0.0951 e. The summed E-state index contributed by atoms with van der Waals surface area (Å²) in [5.41, 5.74) is 0. The van der Waals surface area contributed by atoms with Gasteiger partial charge in [0.1, 0.15) is 0 Å². The van der Waals surface area contributed by atoms with Gasteiger partial charge >= 0.3 is 0 Å². The van der Waals surface area contributed by atoms with Crippen molar-refractivity contribution in [3.63, 3.8) is 0 Å². The topological polar surface area (TPSA) is 0 Å². The van der Waals surface area contributed by atoms with Crippen LogP contribution in [0.25, 0.3) is 0 Å². The minimum absolute atomic E-state index is 0.131. The van der Waals surface area contributed by atoms with Gasteiger partial charge in [-0.3, -0.25) is 0 Å². The van der Waals surface area contributed by atoms with Crippen molar-refractivity contribution in [2.75, 3.05) is 0 Å². The molecular weight excluding hydrogens is 312 g/mol. The summed E-state index contributed by atoms with van der Waals surface area (Å²) in [7, 11) is 0.275. The summed E-state index contributed by atoms with van der Waals surface area (Å²) in [5, 5.41) is 1.67. The van der Waals surface area contributed by atoms with Crippen molar-refractivity contribution in [3.8, 4) is 0 Å². The maximum Gasteiger partial charge on any atom is 0.0551 e. The van der Waals surface area contributed by atoms with Gasteiger partial charge in [0.05, 0.1) is 3.36 Å². The smallest absolute Gasteiger partial charge is 0.0551 e. The van der Waals surface area contributed by atoms with E-state index >= 15 is 0 Å². The first-order chi connectivity index (χ1) is 5.66. The van der Waals surface area contributed by atoms with Gasteiger partial charge in [-0.05, 0) is 13.8 Å². The van der Waals surface area contributed by atoms with Crippen LogP contribution in [-0.2, 0) is 0 Å². The first kappa shape index (κ1) is 13.1. The number of hydrogen-bond donors (Lipinski definition) is 0. The van der Waals surface area contributed by atoms with Crippen LogP contribution in [0.4, 0.5) is 0 Å². The Labute approximate surface area is 97.5 Å². The highest BCUT2D eigenvalue weighted by molar-refractivity contribution is 9.25. The molecule has 0 saturated heterocycles. The molecule has 0 spiro atoms. The number of hydrogen-bond acceptors (Lipinski definition) is 0. The van der Waals surface area contributed by atoms with Crippen LogP contribution in [0.15, 0.2) is 11.3 Å². The van der Waals surface area contributed by atoms with Crippen LogP contribution in [0.3, 0.4) is 0 Å². The second kappa shape index (κ2) is 8.72. The zero-order valence-corrected chi connectivity index (χ0v) is 13.9. The van der Waals surface area contributed by atoms with Crippen molar-refractivity contribution in [2.45, 2.75) is 35.7 Å². The van der Waals surface area contributed by atoms with Crippen LogP contribution in [0, 0.1) is 0 Å². The van der Waals surface area contributed by atoms with Crippen LogP contribution in [0.2, 0.25) is 12.1 Å². The summed E-state index contributed by atoms with van der Waals surface area (Å²) in [4.78, 5) is 0. The molecule has 0 heterocycles. The molecule has 0 unspecified atom stereocenters. The fourth-order valence-corrected chi connectivity index (χ4v) is 6.07. The molecule has 0 aliphatic heterocycles. The second-order valence-corrected chi connectivity index (χ2v) is 13.4. The van der Waals surface area contributed by atoms with Gasteiger partial charge in [-0.25, -0.2) is 0 Å². The lowest BCUT2D eigenvalue weighted by molar-refractivity contribution is 1.06. The fourth-order valence-electron chi connectivity index (χ4n) is 1.02. The standard InChI is InChI=1S/C8H18Br2Si2/c1-3-7(2)11-5-4-6-12-8(9)10/h3,8H,4-6,11-12H2,1-2H3. The molecule has 0 aromatic carbocycles. The summed E-state index contributed by atoms with van der Waals surface area (Å²) in [6.07, 6.45) is 3.75. The van der Waals surface area contributed by atoms with Gasteiger partial charge < -0.3 is 0 Å². The van der Waals surface area contributed by atoms with Crippen molar-refractivity contribution < 1.29 is 0 Å². The first-order valence-corrected chi connectivity index (χ1v) is 9.92. The van der Waals surface area contributed by atoms with Crippen molar-refractivity contribution in [2.24, 2.45) is 0 Å². The highest BCUT2D eigenvalue weighted by Crippen LogP contribution is 2.10. The van der Waals surface area contributed by atoms with Gasteiger partial charge in [0.25, 0.3) is 0 Å². The van der Waals surface area contributed by atoms with E-state index in [9.17, 15) is 0 Å². The van der Waals surface area contributed by atoms with E-state index < -0.39 is 0 Å². The zero-order valence-electron chi connectivity index (χ0n) is 7.95. The molecule has 0 saturated carbocycles. The average Bonchev–Trinajstić information content (AvgIpc) is 2.03. The van der Waals surface area contributed by atoms with Crippen LogP contribution in [-0.4, -0.2) is 22.4 Å². The van der Waals surface area contributed by atoms with Gasteiger partial charge in [-0.15, -0.1) is 0 Å².